The van der Waals surface area contributed by atoms with Crippen molar-refractivity contribution in [2.45, 2.75) is 0 Å². The second-order valence-corrected chi connectivity index (χ2v) is 5.30. The molecule has 0 spiro atoms. The average molecular weight is 183 g/mol. The van der Waals surface area contributed by atoms with E-state index in [4.69, 9.17) is 30.4 Å². The molecule has 0 aliphatic heterocycles. The quantitative estimate of drug-likeness (QED) is 0.541. The van der Waals surface area contributed by atoms with E-state index in [9.17, 15) is 0 Å². The molecule has 0 unspecified atom stereocenters. The van der Waals surface area contributed by atoms with Crippen molar-refractivity contribution in [1.29, 1.82) is 0 Å². The fraction of sp³-hybridized carbons (Fsp3) is 0. The van der Waals surface area contributed by atoms with Gasteiger partial charge in [-0.1, -0.05) is 0 Å². The van der Waals surface area contributed by atoms with Gasteiger partial charge in [-0.2, -0.15) is 0 Å². The first-order chi connectivity index (χ1) is 1.73. The van der Waals surface area contributed by atoms with Gasteiger partial charge in [0.1, 0.15) is 0 Å². The van der Waals surface area contributed by atoms with Crippen LogP contribution in [0, 0.1) is 0 Å². The second-order valence-electron chi connectivity index (χ2n) is 0.143. The molecular formula is H2Cl3CoO. The summed E-state index contributed by atoms with van der Waals surface area (Å²) in [5, 5.41) is 0. The summed E-state index contributed by atoms with van der Waals surface area (Å²) in [6, 6.07) is 0. The predicted molar refractivity (Wildman–Crippen MR) is 21.2 cm³/mol. The van der Waals surface area contributed by atoms with Gasteiger partial charge in [0.15, 0.2) is 0 Å². The van der Waals surface area contributed by atoms with Crippen LogP contribution in [0.1, 0.15) is 0 Å². The van der Waals surface area contributed by atoms with E-state index in [1.165, 1.54) is 0 Å². The molecule has 0 atom stereocenters. The van der Waals surface area contributed by atoms with Gasteiger partial charge in [0.2, 0.25) is 0 Å². The Balaban J connectivity index is 0. The summed E-state index contributed by atoms with van der Waals surface area (Å²) < 4.78 is 0. The van der Waals surface area contributed by atoms with Crippen LogP contribution >= 0.6 is 30.4 Å². The molecule has 0 fully saturated rings. The first-order valence-electron chi connectivity index (χ1n) is 0.378. The third-order valence-electron chi connectivity index (χ3n) is 0. The Hall–Kier alpha value is 1.34. The molecule has 5 heavy (non-hydrogen) atoms. The maximum atomic E-state index is 4.87. The molecule has 38 valence electrons. The van der Waals surface area contributed by atoms with Crippen LogP contribution in [0.4, 0.5) is 0 Å². The van der Waals surface area contributed by atoms with E-state index in [2.05, 4.69) is 0 Å². The molecule has 0 aromatic carbocycles. The van der Waals surface area contributed by atoms with E-state index < -0.39 is 10.9 Å². The monoisotopic (exact) mass is 182 g/mol. The zero-order valence-electron chi connectivity index (χ0n) is 1.97. The van der Waals surface area contributed by atoms with Crippen LogP contribution < -0.4 is 0 Å². The van der Waals surface area contributed by atoms with Crippen molar-refractivity contribution >= 4 is 30.4 Å². The third-order valence-corrected chi connectivity index (χ3v) is 0. The first kappa shape index (κ1) is 9.60. The fourth-order valence-electron chi connectivity index (χ4n) is 0. The van der Waals surface area contributed by atoms with Gasteiger partial charge in [0.25, 0.3) is 0 Å². The molecule has 0 aromatic heterocycles. The summed E-state index contributed by atoms with van der Waals surface area (Å²) in [7, 11) is 13.4. The van der Waals surface area contributed by atoms with Crippen LogP contribution in [0.25, 0.3) is 0 Å². The summed E-state index contributed by atoms with van der Waals surface area (Å²) in [4.78, 5) is 0. The molecule has 0 heterocycles. The van der Waals surface area contributed by atoms with E-state index in [1.807, 2.05) is 0 Å². The molecule has 0 rings (SSSR count). The minimum absolute atomic E-state index is 0. The zero-order valence-corrected chi connectivity index (χ0v) is 5.28. The Bertz CT molecular complexity index is 11.6. The molecule has 1 nitrogen and oxygen atoms in total. The number of hydrogen-bond donors (Lipinski definition) is 0. The molecule has 5 heteroatoms. The van der Waals surface area contributed by atoms with Crippen molar-refractivity contribution in [3.63, 3.8) is 0 Å². The zero-order chi connectivity index (χ0) is 3.58. The molecule has 0 aromatic rings. The standard InChI is InChI=1S/3ClH.Co.H2O/h3*1H;;1H2/q;;;+3;/p-3. The average Bonchev–Trinajstić information content (AvgIpc) is 0.811. The van der Waals surface area contributed by atoms with Gasteiger partial charge < -0.3 is 5.48 Å². The van der Waals surface area contributed by atoms with Crippen molar-refractivity contribution in [2.24, 2.45) is 0 Å². The molecule has 0 radical (unpaired) electrons. The summed E-state index contributed by atoms with van der Waals surface area (Å²) in [6.45, 7) is 0. The Kier molecular flexibility index (Phi) is 10.2. The van der Waals surface area contributed by atoms with Crippen molar-refractivity contribution in [3.05, 3.63) is 0 Å². The molecule has 0 bridgehead atoms. The van der Waals surface area contributed by atoms with Gasteiger partial charge in [-0.15, -0.1) is 0 Å². The van der Waals surface area contributed by atoms with E-state index in [0.717, 1.165) is 0 Å². The summed E-state index contributed by atoms with van der Waals surface area (Å²) in [5.41, 5.74) is 0. The SMILES string of the molecule is O.[Cl][Co]([Cl])[Cl]. The van der Waals surface area contributed by atoms with E-state index in [-0.39, 0.29) is 5.48 Å². The van der Waals surface area contributed by atoms with Crippen LogP contribution in [0.15, 0.2) is 0 Å². The summed E-state index contributed by atoms with van der Waals surface area (Å²) in [5.74, 6) is 0. The van der Waals surface area contributed by atoms with E-state index >= 15 is 0 Å². The normalized spacial score (nSPS) is 9.00. The molecular weight excluding hydrogens is 181 g/mol. The fourth-order valence-corrected chi connectivity index (χ4v) is 0. The summed E-state index contributed by atoms with van der Waals surface area (Å²) in [6.07, 6.45) is 0. The Morgan fingerprint density at radius 3 is 1.00 bits per heavy atom. The van der Waals surface area contributed by atoms with Gasteiger partial charge in [-0.05, 0) is 0 Å². The molecule has 0 aliphatic rings. The van der Waals surface area contributed by atoms with Crippen LogP contribution in [-0.2, 0) is 10.9 Å². The van der Waals surface area contributed by atoms with Gasteiger partial charge in [0.05, 0.1) is 0 Å². The summed E-state index contributed by atoms with van der Waals surface area (Å²) >= 11 is 0. The van der Waals surface area contributed by atoms with Crippen LogP contribution in [0.5, 0.6) is 0 Å². The predicted octanol–water partition coefficient (Wildman–Crippen LogP) is 1.24. The molecule has 2 N–H and O–H groups in total. The number of hydrogen-bond acceptors (Lipinski definition) is 0. The van der Waals surface area contributed by atoms with Crippen molar-refractivity contribution in [3.8, 4) is 0 Å². The molecule has 0 amide bonds. The van der Waals surface area contributed by atoms with Crippen molar-refractivity contribution in [2.75, 3.05) is 0 Å². The van der Waals surface area contributed by atoms with Crippen molar-refractivity contribution in [1.82, 2.24) is 0 Å². The Labute approximate surface area is 47.0 Å². The Morgan fingerprint density at radius 1 is 1.00 bits per heavy atom. The molecule has 0 aliphatic carbocycles. The van der Waals surface area contributed by atoms with E-state index in [1.54, 1.807) is 0 Å². The molecule has 0 saturated carbocycles. The van der Waals surface area contributed by atoms with Gasteiger partial charge in [-0.3, -0.25) is 0 Å². The number of rotatable bonds is 0. The first-order valence-corrected chi connectivity index (χ1v) is 4.68. The van der Waals surface area contributed by atoms with Crippen LogP contribution in [0.2, 0.25) is 0 Å². The second kappa shape index (κ2) is 5.34. The Morgan fingerprint density at radius 2 is 1.00 bits per heavy atom. The van der Waals surface area contributed by atoms with Crippen LogP contribution in [-0.4, -0.2) is 5.48 Å². The van der Waals surface area contributed by atoms with Gasteiger partial charge in [0, 0.05) is 0 Å². The minimum atomic E-state index is -1.19. The van der Waals surface area contributed by atoms with E-state index in [0.29, 0.717) is 0 Å². The van der Waals surface area contributed by atoms with Crippen molar-refractivity contribution < 1.29 is 16.4 Å². The maximum absolute atomic E-state index is 4.87. The van der Waals surface area contributed by atoms with Gasteiger partial charge in [-0.25, -0.2) is 0 Å². The number of halogens is 3. The van der Waals surface area contributed by atoms with Crippen LogP contribution in [0.3, 0.4) is 0 Å². The third kappa shape index (κ3) is 33.3. The molecule has 0 saturated heterocycles. The van der Waals surface area contributed by atoms with Gasteiger partial charge >= 0.3 is 41.4 Å². The topological polar surface area (TPSA) is 31.5 Å².